The molecule has 1 saturated heterocycles. The van der Waals surface area contributed by atoms with Crippen molar-refractivity contribution in [2.24, 2.45) is 29.6 Å². The van der Waals surface area contributed by atoms with E-state index in [1.165, 1.54) is 16.2 Å². The minimum Gasteiger partial charge on any atom is -0.493 e. The second-order valence-corrected chi connectivity index (χ2v) is 15.3. The largest absolute Gasteiger partial charge is 0.493 e. The zero-order chi connectivity index (χ0) is 30.3. The van der Waals surface area contributed by atoms with Crippen molar-refractivity contribution >= 4 is 68.1 Å². The monoisotopic (exact) mass is 708 g/mol. The van der Waals surface area contributed by atoms with Gasteiger partial charge in [0, 0.05) is 25.5 Å². The predicted octanol–water partition coefficient (Wildman–Crippen LogP) is 7.12. The van der Waals surface area contributed by atoms with Crippen molar-refractivity contribution in [2.75, 3.05) is 12.0 Å². The van der Waals surface area contributed by atoms with E-state index in [0.717, 1.165) is 31.9 Å². The highest BCUT2D eigenvalue weighted by Gasteiger charge is 2.69. The number of fused-ring (bicyclic) bond motifs is 9. The summed E-state index contributed by atoms with van der Waals surface area (Å²) in [6.07, 6.45) is 0.832. The number of anilines is 1. The van der Waals surface area contributed by atoms with Crippen LogP contribution in [0.2, 0.25) is 5.02 Å². The number of benzene rings is 3. The number of aromatic amines is 1. The molecule has 2 aliphatic heterocycles. The second kappa shape index (κ2) is 10.8. The van der Waals surface area contributed by atoms with E-state index in [-0.39, 0.29) is 57.4 Å². The lowest BCUT2D eigenvalue weighted by Gasteiger charge is -2.43. The molecule has 2 aliphatic carbocycles. The van der Waals surface area contributed by atoms with Crippen LogP contribution in [0.15, 0.2) is 81.0 Å². The maximum Gasteiger partial charge on any atom is 0.305 e. The van der Waals surface area contributed by atoms with Crippen LogP contribution in [-0.4, -0.2) is 29.2 Å². The first-order chi connectivity index (χ1) is 21.3. The maximum atomic E-state index is 14.0. The van der Waals surface area contributed by atoms with Crippen LogP contribution in [0.5, 0.6) is 11.5 Å². The molecule has 2 saturated carbocycles. The topological polar surface area (TPSA) is 88.7 Å². The summed E-state index contributed by atoms with van der Waals surface area (Å²) in [5, 5.41) is 1.65. The zero-order valence-corrected chi connectivity index (χ0v) is 27.3. The highest BCUT2D eigenvalue weighted by Crippen LogP contribution is 2.68. The molecule has 44 heavy (non-hydrogen) atoms. The Kier molecular flexibility index (Phi) is 6.97. The fraction of sp³-hybridized carbons (Fsp3) is 0.303. The van der Waals surface area contributed by atoms with E-state index in [1.807, 2.05) is 66.7 Å². The molecule has 8 rings (SSSR count). The Hall–Kier alpha value is -3.05. The molecule has 1 N–H and O–H groups in total. The van der Waals surface area contributed by atoms with Crippen molar-refractivity contribution in [3.05, 3.63) is 102 Å². The minimum atomic E-state index is -0.360. The van der Waals surface area contributed by atoms with Gasteiger partial charge in [0.05, 0.1) is 29.7 Å². The van der Waals surface area contributed by atoms with Gasteiger partial charge in [0.15, 0.2) is 11.5 Å². The van der Waals surface area contributed by atoms with Crippen LogP contribution in [0, 0.1) is 29.6 Å². The molecular formula is C33H26BrClN2O5S2. The number of thiazole rings is 1. The molecule has 11 heteroatoms. The predicted molar refractivity (Wildman–Crippen MR) is 174 cm³/mol. The quantitative estimate of drug-likeness (QED) is 0.215. The van der Waals surface area contributed by atoms with Crippen LogP contribution < -0.4 is 19.2 Å². The van der Waals surface area contributed by atoms with E-state index in [2.05, 4.69) is 20.9 Å². The van der Waals surface area contributed by atoms with E-state index in [9.17, 15) is 14.4 Å². The fourth-order valence-corrected chi connectivity index (χ4v) is 11.3. The van der Waals surface area contributed by atoms with Crippen molar-refractivity contribution in [1.82, 2.24) is 4.98 Å². The van der Waals surface area contributed by atoms with E-state index >= 15 is 0 Å². The number of carbonyl (C=O) groups is 2. The van der Waals surface area contributed by atoms with Gasteiger partial charge in [-0.3, -0.25) is 19.3 Å². The molecule has 3 aromatic carbocycles. The zero-order valence-electron chi connectivity index (χ0n) is 23.4. The Labute approximate surface area is 275 Å². The van der Waals surface area contributed by atoms with Crippen molar-refractivity contribution in [2.45, 2.75) is 29.2 Å². The van der Waals surface area contributed by atoms with Crippen LogP contribution in [0.3, 0.4) is 0 Å². The number of carbonyl (C=O) groups excluding carboxylic acids is 2. The Bertz CT molecular complexity index is 1860. The van der Waals surface area contributed by atoms with Crippen molar-refractivity contribution in [3.8, 4) is 11.5 Å². The van der Waals surface area contributed by atoms with Gasteiger partial charge >= 0.3 is 4.87 Å². The third-order valence-electron chi connectivity index (χ3n) is 9.66. The standard InChI is InChI=1S/C33H26BrClN2O5S2/c1-41-23-12-16(4-11-22(23)42-14-15-2-7-18(35)8-3-15)24-25-20-13-21(28(25)43-30-29(24)44-33(40)36-30)27-26(20)31(38)37(32(27)39)19-9-5-17(34)6-10-19/h2-12,20-21,24-28H,13-14H2,1H3,(H,36,40)/t20-,21-,24+,25+,26+,27+,28-/m1/s1. The number of halogens is 2. The van der Waals surface area contributed by atoms with Gasteiger partial charge in [-0.15, -0.1) is 11.8 Å². The summed E-state index contributed by atoms with van der Waals surface area (Å²) in [4.78, 5) is 45.8. The molecule has 4 aliphatic rings. The molecule has 0 unspecified atom stereocenters. The first-order valence-electron chi connectivity index (χ1n) is 14.4. The van der Waals surface area contributed by atoms with Gasteiger partial charge in [-0.2, -0.15) is 0 Å². The van der Waals surface area contributed by atoms with Crippen LogP contribution in [0.25, 0.3) is 0 Å². The number of nitrogens with zero attached hydrogens (tertiary/aromatic N) is 1. The molecular weight excluding hydrogens is 684 g/mol. The lowest BCUT2D eigenvalue weighted by atomic mass is 9.68. The average Bonchev–Trinajstić information content (AvgIpc) is 3.76. The Balaban J connectivity index is 1.14. The van der Waals surface area contributed by atoms with Gasteiger partial charge < -0.3 is 14.5 Å². The highest BCUT2D eigenvalue weighted by molar-refractivity contribution is 9.10. The second-order valence-electron chi connectivity index (χ2n) is 11.8. The summed E-state index contributed by atoms with van der Waals surface area (Å²) >= 11 is 12.4. The average molecular weight is 710 g/mol. The van der Waals surface area contributed by atoms with E-state index < -0.39 is 0 Å². The number of thioether (sulfide) groups is 1. The molecule has 0 spiro atoms. The molecule has 224 valence electrons. The first-order valence-corrected chi connectivity index (χ1v) is 17.3. The molecule has 7 atom stereocenters. The third kappa shape index (κ3) is 4.40. The number of ether oxygens (including phenoxy) is 2. The summed E-state index contributed by atoms with van der Waals surface area (Å²) in [5.41, 5.74) is 2.61. The maximum absolute atomic E-state index is 14.0. The summed E-state index contributed by atoms with van der Waals surface area (Å²) in [6.45, 7) is 0.360. The number of methoxy groups -OCH3 is 1. The molecule has 1 aromatic heterocycles. The first kappa shape index (κ1) is 28.4. The molecule has 7 nitrogen and oxygen atoms in total. The lowest BCUT2D eigenvalue weighted by molar-refractivity contribution is -0.123. The van der Waals surface area contributed by atoms with Gasteiger partial charge in [-0.25, -0.2) is 0 Å². The highest BCUT2D eigenvalue weighted by atomic mass is 79.9. The number of amides is 2. The summed E-state index contributed by atoms with van der Waals surface area (Å²) in [5.74, 6) is 0.388. The SMILES string of the molecule is COc1cc([C@@H]2c3sc(=O)[nH]c3S[C@@H]3[C@@H]4C[C@@H]([C@@H]5C(=O)N(c6ccc(Br)cc6)C(=O)[C@@H]45)[C@@H]23)ccc1OCc1ccc(Cl)cc1. The molecule has 0 radical (unpaired) electrons. The number of imide groups is 1. The van der Waals surface area contributed by atoms with Gasteiger partial charge in [-0.1, -0.05) is 57.1 Å². The van der Waals surface area contributed by atoms with Crippen LogP contribution >= 0.6 is 50.6 Å². The molecule has 2 bridgehead atoms. The van der Waals surface area contributed by atoms with Crippen LogP contribution in [0.1, 0.15) is 28.3 Å². The molecule has 4 aromatic rings. The minimum absolute atomic E-state index is 0.0292. The van der Waals surface area contributed by atoms with Gasteiger partial charge in [0.2, 0.25) is 11.8 Å². The number of hydrogen-bond acceptors (Lipinski definition) is 7. The number of nitrogens with one attached hydrogen (secondary N) is 1. The Morgan fingerprint density at radius 2 is 1.68 bits per heavy atom. The van der Waals surface area contributed by atoms with Crippen LogP contribution in [0.4, 0.5) is 5.69 Å². The van der Waals surface area contributed by atoms with E-state index in [4.69, 9.17) is 21.1 Å². The number of hydrogen-bond donors (Lipinski definition) is 1. The van der Waals surface area contributed by atoms with Gasteiger partial charge in [0.25, 0.3) is 0 Å². The number of aromatic nitrogens is 1. The Morgan fingerprint density at radius 1 is 0.955 bits per heavy atom. The smallest absolute Gasteiger partial charge is 0.305 e. The fourth-order valence-electron chi connectivity index (χ4n) is 7.97. The van der Waals surface area contributed by atoms with Gasteiger partial charge in [0.1, 0.15) is 6.61 Å². The molecule has 3 heterocycles. The normalized spacial score (nSPS) is 28.2. The van der Waals surface area contributed by atoms with E-state index in [1.54, 1.807) is 18.9 Å². The van der Waals surface area contributed by atoms with Crippen molar-refractivity contribution < 1.29 is 19.1 Å². The Morgan fingerprint density at radius 3 is 2.41 bits per heavy atom. The molecule has 3 fully saturated rings. The van der Waals surface area contributed by atoms with Crippen molar-refractivity contribution in [3.63, 3.8) is 0 Å². The third-order valence-corrected chi connectivity index (χ3v) is 13.0. The van der Waals surface area contributed by atoms with Gasteiger partial charge in [-0.05, 0) is 83.8 Å². The summed E-state index contributed by atoms with van der Waals surface area (Å²) in [7, 11) is 1.62. The summed E-state index contributed by atoms with van der Waals surface area (Å²) < 4.78 is 12.8. The number of rotatable bonds is 6. The number of H-pyrrole nitrogens is 1. The lowest BCUT2D eigenvalue weighted by Crippen LogP contribution is -2.42. The summed E-state index contributed by atoms with van der Waals surface area (Å²) in [6, 6.07) is 20.8. The van der Waals surface area contributed by atoms with E-state index in [0.29, 0.717) is 28.8 Å². The van der Waals surface area contributed by atoms with Crippen LogP contribution in [-0.2, 0) is 16.2 Å². The van der Waals surface area contributed by atoms with Crippen molar-refractivity contribution in [1.29, 1.82) is 0 Å². The molecule has 2 amide bonds.